The van der Waals surface area contributed by atoms with Crippen LogP contribution in [0.15, 0.2) is 89.7 Å². The number of hydrogen-bond acceptors (Lipinski definition) is 3. The minimum absolute atomic E-state index is 0.290. The molecule has 0 spiro atoms. The lowest BCUT2D eigenvalue weighted by Crippen LogP contribution is -2.34. The van der Waals surface area contributed by atoms with Gasteiger partial charge in [-0.1, -0.05) is 60.7 Å². The zero-order chi connectivity index (χ0) is 17.9. The number of fused-ring (bicyclic) bond motifs is 1. The summed E-state index contributed by atoms with van der Waals surface area (Å²) >= 11 is 0. The zero-order valence-electron chi connectivity index (χ0n) is 13.8. The van der Waals surface area contributed by atoms with Crippen LogP contribution in [-0.4, -0.2) is 15.6 Å². The van der Waals surface area contributed by atoms with Gasteiger partial charge in [0.1, 0.15) is 5.69 Å². The molecule has 0 atom stereocenters. The third kappa shape index (κ3) is 2.86. The topological polar surface area (TPSA) is 64.0 Å². The number of benzene rings is 3. The Morgan fingerprint density at radius 1 is 0.808 bits per heavy atom. The molecule has 0 aliphatic heterocycles. The van der Waals surface area contributed by atoms with Gasteiger partial charge in [0.15, 0.2) is 0 Å². The Morgan fingerprint density at radius 2 is 1.42 bits per heavy atom. The number of aromatic nitrogens is 2. The molecule has 0 bridgehead atoms. The first-order valence-electron chi connectivity index (χ1n) is 8.17. The monoisotopic (exact) mass is 341 g/mol. The van der Waals surface area contributed by atoms with Crippen LogP contribution in [0.2, 0.25) is 0 Å². The van der Waals surface area contributed by atoms with Crippen molar-refractivity contribution in [3.63, 3.8) is 0 Å². The van der Waals surface area contributed by atoms with Crippen LogP contribution in [-0.2, 0) is 0 Å². The van der Waals surface area contributed by atoms with Gasteiger partial charge < -0.3 is 0 Å². The molecule has 0 fully saturated rings. The molecule has 0 saturated heterocycles. The fourth-order valence-electron chi connectivity index (χ4n) is 2.78. The molecule has 0 aliphatic rings. The lowest BCUT2D eigenvalue weighted by molar-refractivity contribution is 0.101. The number of hydrogen-bond donors (Lipinski definition) is 1. The lowest BCUT2D eigenvalue weighted by Gasteiger charge is -2.13. The highest BCUT2D eigenvalue weighted by Crippen LogP contribution is 2.17. The molecule has 0 saturated carbocycles. The zero-order valence-corrected chi connectivity index (χ0v) is 13.8. The Labute approximate surface area is 149 Å². The first-order valence-corrected chi connectivity index (χ1v) is 8.17. The van der Waals surface area contributed by atoms with E-state index in [0.29, 0.717) is 22.2 Å². The van der Waals surface area contributed by atoms with E-state index in [0.717, 1.165) is 0 Å². The van der Waals surface area contributed by atoms with Crippen molar-refractivity contribution >= 4 is 16.9 Å². The van der Waals surface area contributed by atoms with Crippen LogP contribution >= 0.6 is 0 Å². The maximum atomic E-state index is 13.0. The van der Waals surface area contributed by atoms with Gasteiger partial charge in [0.25, 0.3) is 11.5 Å². The van der Waals surface area contributed by atoms with Crippen molar-refractivity contribution < 1.29 is 4.79 Å². The molecule has 0 radical (unpaired) electrons. The van der Waals surface area contributed by atoms with E-state index in [4.69, 9.17) is 0 Å². The highest BCUT2D eigenvalue weighted by Gasteiger charge is 2.15. The number of nitrogens with zero attached hydrogens (tertiary/aromatic N) is 2. The van der Waals surface area contributed by atoms with Crippen molar-refractivity contribution in [1.82, 2.24) is 9.66 Å². The fraction of sp³-hybridized carbons (Fsp3) is 0. The first kappa shape index (κ1) is 15.8. The summed E-state index contributed by atoms with van der Waals surface area (Å²) in [5, 5.41) is 0. The van der Waals surface area contributed by atoms with Gasteiger partial charge in [-0.2, -0.15) is 0 Å². The van der Waals surface area contributed by atoms with E-state index in [1.165, 1.54) is 4.68 Å². The number of nitrogens with one attached hydrogen (secondary N) is 1. The Hall–Kier alpha value is -3.73. The second kappa shape index (κ2) is 6.64. The molecule has 4 aromatic rings. The second-order valence-electron chi connectivity index (χ2n) is 5.76. The average molecular weight is 341 g/mol. The Bertz CT molecular complexity index is 1140. The standard InChI is InChI=1S/C21H15N3O2/c25-20(16-11-5-2-6-12-16)23-24-18-14-8-7-13-17(18)22-19(21(24)26)15-9-3-1-4-10-15/h1-14H,(H,23,25). The molecule has 1 aromatic heterocycles. The van der Waals surface area contributed by atoms with E-state index in [9.17, 15) is 9.59 Å². The molecule has 0 unspecified atom stereocenters. The van der Waals surface area contributed by atoms with Crippen LogP contribution in [0.3, 0.4) is 0 Å². The lowest BCUT2D eigenvalue weighted by atomic mass is 10.1. The maximum Gasteiger partial charge on any atom is 0.296 e. The summed E-state index contributed by atoms with van der Waals surface area (Å²) in [6.45, 7) is 0. The quantitative estimate of drug-likeness (QED) is 0.621. The van der Waals surface area contributed by atoms with Crippen LogP contribution in [0, 0.1) is 0 Å². The predicted octanol–water partition coefficient (Wildman–Crippen LogP) is 3.45. The van der Waals surface area contributed by atoms with Crippen molar-refractivity contribution in [3.8, 4) is 11.3 Å². The molecule has 4 rings (SSSR count). The molecule has 5 nitrogen and oxygen atoms in total. The Kier molecular flexibility index (Phi) is 4.03. The summed E-state index contributed by atoms with van der Waals surface area (Å²) in [6, 6.07) is 25.2. The van der Waals surface area contributed by atoms with Gasteiger partial charge in [-0.3, -0.25) is 15.0 Å². The molecule has 1 heterocycles. The molecule has 1 N–H and O–H groups in total. The molecular weight excluding hydrogens is 326 g/mol. The summed E-state index contributed by atoms with van der Waals surface area (Å²) in [5.74, 6) is -0.358. The van der Waals surface area contributed by atoms with Gasteiger partial charge >= 0.3 is 0 Å². The van der Waals surface area contributed by atoms with Gasteiger partial charge in [0.2, 0.25) is 0 Å². The maximum absolute atomic E-state index is 13.0. The molecule has 3 aromatic carbocycles. The molecular formula is C21H15N3O2. The minimum atomic E-state index is -0.376. The van der Waals surface area contributed by atoms with Crippen molar-refractivity contribution in [2.45, 2.75) is 0 Å². The summed E-state index contributed by atoms with van der Waals surface area (Å²) in [5.41, 5.74) is 4.96. The van der Waals surface area contributed by atoms with E-state index in [1.54, 1.807) is 36.4 Å². The highest BCUT2D eigenvalue weighted by atomic mass is 16.2. The van der Waals surface area contributed by atoms with Crippen molar-refractivity contribution in [2.75, 3.05) is 5.43 Å². The first-order chi connectivity index (χ1) is 12.7. The van der Waals surface area contributed by atoms with E-state index in [2.05, 4.69) is 10.4 Å². The van der Waals surface area contributed by atoms with Crippen LogP contribution in [0.5, 0.6) is 0 Å². The highest BCUT2D eigenvalue weighted by molar-refractivity contribution is 6.00. The smallest absolute Gasteiger partial charge is 0.267 e. The molecule has 0 aliphatic carbocycles. The second-order valence-corrected chi connectivity index (χ2v) is 5.76. The third-order valence-electron chi connectivity index (χ3n) is 4.06. The Balaban J connectivity index is 1.89. The number of carbonyl (C=O) groups excluding carboxylic acids is 1. The van der Waals surface area contributed by atoms with Gasteiger partial charge in [-0.05, 0) is 24.3 Å². The van der Waals surface area contributed by atoms with Gasteiger partial charge in [-0.25, -0.2) is 9.66 Å². The number of carbonyl (C=O) groups is 1. The molecule has 5 heteroatoms. The van der Waals surface area contributed by atoms with E-state index in [-0.39, 0.29) is 17.2 Å². The average Bonchev–Trinajstić information content (AvgIpc) is 2.71. The van der Waals surface area contributed by atoms with Gasteiger partial charge in [-0.15, -0.1) is 0 Å². The largest absolute Gasteiger partial charge is 0.296 e. The van der Waals surface area contributed by atoms with E-state index < -0.39 is 0 Å². The minimum Gasteiger partial charge on any atom is -0.267 e. The SMILES string of the molecule is O=C(Nn1c(=O)c(-c2ccccc2)nc2ccccc21)c1ccccc1. The van der Waals surface area contributed by atoms with E-state index >= 15 is 0 Å². The van der Waals surface area contributed by atoms with Crippen LogP contribution < -0.4 is 11.0 Å². The predicted molar refractivity (Wildman–Crippen MR) is 102 cm³/mol. The van der Waals surface area contributed by atoms with Crippen LogP contribution in [0.1, 0.15) is 10.4 Å². The summed E-state index contributed by atoms with van der Waals surface area (Å²) in [4.78, 5) is 30.1. The van der Waals surface area contributed by atoms with Crippen LogP contribution in [0.4, 0.5) is 0 Å². The summed E-state index contributed by atoms with van der Waals surface area (Å²) < 4.78 is 1.26. The van der Waals surface area contributed by atoms with E-state index in [1.807, 2.05) is 48.5 Å². The number of rotatable bonds is 3. The number of amides is 1. The van der Waals surface area contributed by atoms with Crippen molar-refractivity contribution in [1.29, 1.82) is 0 Å². The van der Waals surface area contributed by atoms with Gasteiger partial charge in [0, 0.05) is 11.1 Å². The van der Waals surface area contributed by atoms with Crippen molar-refractivity contribution in [2.24, 2.45) is 0 Å². The third-order valence-corrected chi connectivity index (χ3v) is 4.06. The molecule has 26 heavy (non-hydrogen) atoms. The fourth-order valence-corrected chi connectivity index (χ4v) is 2.78. The summed E-state index contributed by atoms with van der Waals surface area (Å²) in [6.07, 6.45) is 0. The van der Waals surface area contributed by atoms with Crippen LogP contribution in [0.25, 0.3) is 22.3 Å². The number of para-hydroxylation sites is 2. The molecule has 1 amide bonds. The summed E-state index contributed by atoms with van der Waals surface area (Å²) in [7, 11) is 0. The molecule has 126 valence electrons. The van der Waals surface area contributed by atoms with Gasteiger partial charge in [0.05, 0.1) is 11.0 Å². The normalized spacial score (nSPS) is 10.6. The van der Waals surface area contributed by atoms with Crippen molar-refractivity contribution in [3.05, 3.63) is 101 Å². The Morgan fingerprint density at radius 3 is 2.15 bits per heavy atom.